The zero-order valence-electron chi connectivity index (χ0n) is 22.0. The Bertz CT molecular complexity index is 941. The highest BCUT2D eigenvalue weighted by Gasteiger charge is 2.39. The molecule has 0 aromatic heterocycles. The number of hydrogen-bond donors (Lipinski definition) is 3. The van der Waals surface area contributed by atoms with Crippen LogP contribution in [0.1, 0.15) is 65.7 Å². The lowest BCUT2D eigenvalue weighted by Crippen LogP contribution is -2.58. The van der Waals surface area contributed by atoms with Crippen LogP contribution in [0, 0.1) is 28.9 Å². The van der Waals surface area contributed by atoms with E-state index in [4.69, 9.17) is 0 Å². The van der Waals surface area contributed by atoms with Gasteiger partial charge < -0.3 is 15.5 Å². The van der Waals surface area contributed by atoms with Gasteiger partial charge in [-0.05, 0) is 42.7 Å². The van der Waals surface area contributed by atoms with E-state index in [2.05, 4.69) is 10.6 Å². The van der Waals surface area contributed by atoms with Gasteiger partial charge in [-0.15, -0.1) is 0 Å². The summed E-state index contributed by atoms with van der Waals surface area (Å²) in [5.74, 6) is -2.08. The Kier molecular flexibility index (Phi) is 9.87. The van der Waals surface area contributed by atoms with Crippen molar-refractivity contribution in [1.29, 1.82) is 0 Å². The van der Waals surface area contributed by atoms with Crippen molar-refractivity contribution in [3.05, 3.63) is 29.8 Å². The molecule has 3 rings (SSSR count). The van der Waals surface area contributed by atoms with E-state index >= 15 is 0 Å². The first-order chi connectivity index (χ1) is 17.5. The SMILES string of the molecule is CC(C)(C)[C@H](NC(=O)[C@H](CC1CCCC1)CN(O)C=O)C(=O)N1CCC(Nc2ccc(F)cc2F)CC1. The minimum absolute atomic E-state index is 0.0682. The standard InChI is InChI=1S/C27H40F2N4O4/c1-27(2,3)24(31-25(35)19(16-33(37)17-34)14-18-6-4-5-7-18)26(36)32-12-10-21(11-13-32)30-23-9-8-20(28)15-22(23)29/h8-9,15,17-19,21,24,30,37H,4-7,10-14,16H2,1-3H3,(H,31,35)/t19-,24-/m1/s1. The van der Waals surface area contributed by atoms with E-state index < -0.39 is 29.0 Å². The molecule has 1 aromatic carbocycles. The zero-order chi connectivity index (χ0) is 27.2. The van der Waals surface area contributed by atoms with Gasteiger partial charge in [0.2, 0.25) is 18.2 Å². The first-order valence-corrected chi connectivity index (χ1v) is 13.2. The molecule has 1 aliphatic carbocycles. The third kappa shape index (κ3) is 8.12. The van der Waals surface area contributed by atoms with Crippen LogP contribution < -0.4 is 10.6 Å². The molecule has 2 atom stereocenters. The van der Waals surface area contributed by atoms with Crippen molar-refractivity contribution in [3.8, 4) is 0 Å². The molecule has 1 saturated carbocycles. The Morgan fingerprint density at radius 2 is 1.81 bits per heavy atom. The summed E-state index contributed by atoms with van der Waals surface area (Å²) < 4.78 is 27.2. The van der Waals surface area contributed by atoms with Crippen molar-refractivity contribution in [2.24, 2.45) is 17.3 Å². The second-order valence-corrected chi connectivity index (χ2v) is 11.5. The van der Waals surface area contributed by atoms with Gasteiger partial charge in [-0.2, -0.15) is 0 Å². The molecule has 0 spiro atoms. The van der Waals surface area contributed by atoms with E-state index in [-0.39, 0.29) is 36.5 Å². The number of amides is 3. The monoisotopic (exact) mass is 522 g/mol. The third-order valence-electron chi connectivity index (χ3n) is 7.49. The maximum Gasteiger partial charge on any atom is 0.245 e. The summed E-state index contributed by atoms with van der Waals surface area (Å²) in [6.07, 6.45) is 6.25. The van der Waals surface area contributed by atoms with Gasteiger partial charge in [0, 0.05) is 25.2 Å². The number of hydrogen-bond acceptors (Lipinski definition) is 5. The summed E-state index contributed by atoms with van der Waals surface area (Å²) in [7, 11) is 0. The van der Waals surface area contributed by atoms with Crippen LogP contribution in [0.4, 0.5) is 14.5 Å². The predicted molar refractivity (Wildman–Crippen MR) is 136 cm³/mol. The molecule has 1 saturated heterocycles. The van der Waals surface area contributed by atoms with E-state index in [0.717, 1.165) is 31.7 Å². The molecule has 3 amide bonds. The van der Waals surface area contributed by atoms with Crippen molar-refractivity contribution >= 4 is 23.9 Å². The van der Waals surface area contributed by atoms with Gasteiger partial charge in [0.15, 0.2) is 0 Å². The van der Waals surface area contributed by atoms with E-state index in [0.29, 0.717) is 43.3 Å². The molecule has 1 aliphatic heterocycles. The Morgan fingerprint density at radius 3 is 2.38 bits per heavy atom. The first kappa shape index (κ1) is 28.8. The van der Waals surface area contributed by atoms with Gasteiger partial charge in [-0.3, -0.25) is 19.6 Å². The van der Waals surface area contributed by atoms with E-state index in [1.165, 1.54) is 12.1 Å². The molecular weight excluding hydrogens is 482 g/mol. The number of halogens is 2. The number of hydroxylamine groups is 2. The lowest BCUT2D eigenvalue weighted by Gasteiger charge is -2.39. The molecule has 37 heavy (non-hydrogen) atoms. The van der Waals surface area contributed by atoms with Gasteiger partial charge >= 0.3 is 0 Å². The lowest BCUT2D eigenvalue weighted by molar-refractivity contribution is -0.156. The molecule has 2 aliphatic rings. The van der Waals surface area contributed by atoms with E-state index in [1.54, 1.807) is 4.90 Å². The molecule has 1 heterocycles. The fourth-order valence-electron chi connectivity index (χ4n) is 5.34. The van der Waals surface area contributed by atoms with E-state index in [1.807, 2.05) is 20.8 Å². The molecule has 206 valence electrons. The third-order valence-corrected chi connectivity index (χ3v) is 7.49. The van der Waals surface area contributed by atoms with Crippen LogP contribution in [0.5, 0.6) is 0 Å². The number of piperidine rings is 1. The zero-order valence-corrected chi connectivity index (χ0v) is 22.0. The number of carbonyl (C=O) groups excluding carboxylic acids is 3. The quantitative estimate of drug-likeness (QED) is 0.245. The van der Waals surface area contributed by atoms with Crippen LogP contribution in [-0.4, -0.2) is 65.1 Å². The van der Waals surface area contributed by atoms with Crippen molar-refractivity contribution in [3.63, 3.8) is 0 Å². The van der Waals surface area contributed by atoms with Crippen molar-refractivity contribution in [2.45, 2.75) is 77.8 Å². The maximum atomic E-state index is 14.0. The normalized spacial score (nSPS) is 18.8. The van der Waals surface area contributed by atoms with E-state index in [9.17, 15) is 28.4 Å². The number of carbonyl (C=O) groups is 3. The van der Waals surface area contributed by atoms with Gasteiger partial charge in [0.05, 0.1) is 18.2 Å². The van der Waals surface area contributed by atoms with Crippen LogP contribution in [0.25, 0.3) is 0 Å². The average Bonchev–Trinajstić information content (AvgIpc) is 3.36. The molecule has 0 bridgehead atoms. The van der Waals surface area contributed by atoms with Crippen LogP contribution >= 0.6 is 0 Å². The molecule has 10 heteroatoms. The molecule has 0 radical (unpaired) electrons. The van der Waals surface area contributed by atoms with Crippen molar-refractivity contribution in [1.82, 2.24) is 15.3 Å². The molecule has 2 fully saturated rings. The Balaban J connectivity index is 1.63. The summed E-state index contributed by atoms with van der Waals surface area (Å²) in [5.41, 5.74) is -0.340. The molecule has 3 N–H and O–H groups in total. The molecule has 1 aromatic rings. The highest BCUT2D eigenvalue weighted by atomic mass is 19.1. The Morgan fingerprint density at radius 1 is 1.16 bits per heavy atom. The summed E-state index contributed by atoms with van der Waals surface area (Å²) >= 11 is 0. The minimum Gasteiger partial charge on any atom is -0.380 e. The summed E-state index contributed by atoms with van der Waals surface area (Å²) in [6, 6.07) is 2.55. The highest BCUT2D eigenvalue weighted by Crippen LogP contribution is 2.31. The van der Waals surface area contributed by atoms with Gasteiger partial charge in [-0.1, -0.05) is 46.5 Å². The molecule has 0 unspecified atom stereocenters. The molecular formula is C27H40F2N4O4. The second kappa shape index (κ2) is 12.7. The number of anilines is 1. The van der Waals surface area contributed by atoms with Gasteiger partial charge in [0.1, 0.15) is 17.7 Å². The highest BCUT2D eigenvalue weighted by molar-refractivity contribution is 5.89. The van der Waals surface area contributed by atoms with Crippen LogP contribution in [-0.2, 0) is 14.4 Å². The van der Waals surface area contributed by atoms with Gasteiger partial charge in [0.25, 0.3) is 0 Å². The Labute approximate surface area is 217 Å². The van der Waals surface area contributed by atoms with Crippen LogP contribution in [0.15, 0.2) is 18.2 Å². The summed E-state index contributed by atoms with van der Waals surface area (Å²) in [4.78, 5) is 39.6. The smallest absolute Gasteiger partial charge is 0.245 e. The number of likely N-dealkylation sites (tertiary alicyclic amines) is 1. The predicted octanol–water partition coefficient (Wildman–Crippen LogP) is 3.94. The molecule has 8 nitrogen and oxygen atoms in total. The Hall–Kier alpha value is -2.75. The van der Waals surface area contributed by atoms with Crippen molar-refractivity contribution in [2.75, 3.05) is 25.0 Å². The lowest BCUT2D eigenvalue weighted by atomic mass is 9.84. The maximum absolute atomic E-state index is 14.0. The van der Waals surface area contributed by atoms with Crippen LogP contribution in [0.3, 0.4) is 0 Å². The van der Waals surface area contributed by atoms with Crippen molar-refractivity contribution < 1.29 is 28.4 Å². The number of nitrogens with one attached hydrogen (secondary N) is 2. The van der Waals surface area contributed by atoms with Crippen LogP contribution in [0.2, 0.25) is 0 Å². The fraction of sp³-hybridized carbons (Fsp3) is 0.667. The topological polar surface area (TPSA) is 102 Å². The second-order valence-electron chi connectivity index (χ2n) is 11.5. The first-order valence-electron chi connectivity index (χ1n) is 13.2. The largest absolute Gasteiger partial charge is 0.380 e. The number of benzene rings is 1. The summed E-state index contributed by atoms with van der Waals surface area (Å²) in [6.45, 7) is 6.41. The summed E-state index contributed by atoms with van der Waals surface area (Å²) in [5, 5.41) is 16.3. The number of nitrogens with zero attached hydrogens (tertiary/aromatic N) is 2. The minimum atomic E-state index is -0.784. The number of rotatable bonds is 10. The average molecular weight is 523 g/mol. The van der Waals surface area contributed by atoms with Gasteiger partial charge in [-0.25, -0.2) is 13.8 Å². The fourth-order valence-corrected chi connectivity index (χ4v) is 5.34.